The third kappa shape index (κ3) is 3.76. The molecule has 0 aromatic heterocycles. The van der Waals surface area contributed by atoms with Gasteiger partial charge in [-0.1, -0.05) is 12.1 Å². The molecule has 3 nitrogen and oxygen atoms in total. The predicted molar refractivity (Wildman–Crippen MR) is 81.1 cm³/mol. The third-order valence-corrected chi connectivity index (χ3v) is 3.06. The zero-order valence-corrected chi connectivity index (χ0v) is 11.8. The lowest BCUT2D eigenvalue weighted by Gasteiger charge is -2.11. The monoisotopic (exact) mass is 266 g/mol. The number of hydrogen-bond acceptors (Lipinski definition) is 3. The summed E-state index contributed by atoms with van der Waals surface area (Å²) in [6.45, 7) is 5.49. The van der Waals surface area contributed by atoms with Crippen molar-refractivity contribution < 1.29 is 4.74 Å². The quantitative estimate of drug-likeness (QED) is 0.840. The summed E-state index contributed by atoms with van der Waals surface area (Å²) >= 11 is 0. The summed E-state index contributed by atoms with van der Waals surface area (Å²) in [4.78, 5) is 0. The zero-order valence-electron chi connectivity index (χ0n) is 11.8. The molecule has 0 aliphatic heterocycles. The van der Waals surface area contributed by atoms with Crippen molar-refractivity contribution in [3.8, 4) is 11.8 Å². The summed E-state index contributed by atoms with van der Waals surface area (Å²) < 4.78 is 5.63. The molecule has 0 spiro atoms. The Morgan fingerprint density at radius 1 is 1.10 bits per heavy atom. The van der Waals surface area contributed by atoms with Crippen molar-refractivity contribution in [2.45, 2.75) is 13.8 Å². The van der Waals surface area contributed by atoms with Crippen LogP contribution in [0, 0.1) is 25.2 Å². The maximum Gasteiger partial charge on any atom is 0.119 e. The predicted octanol–water partition coefficient (Wildman–Crippen LogP) is 3.67. The zero-order chi connectivity index (χ0) is 14.4. The number of rotatable bonds is 5. The maximum atomic E-state index is 8.72. The largest absolute Gasteiger partial charge is 0.492 e. The van der Waals surface area contributed by atoms with Crippen LogP contribution in [0.3, 0.4) is 0 Å². The second kappa shape index (κ2) is 6.63. The Labute approximate surface area is 119 Å². The Morgan fingerprint density at radius 3 is 2.55 bits per heavy atom. The molecule has 0 bridgehead atoms. The van der Waals surface area contributed by atoms with Crippen molar-refractivity contribution in [3.63, 3.8) is 0 Å². The van der Waals surface area contributed by atoms with Gasteiger partial charge in [0.25, 0.3) is 0 Å². The molecule has 0 aliphatic rings. The van der Waals surface area contributed by atoms with Gasteiger partial charge in [-0.25, -0.2) is 0 Å². The fraction of sp³-hybridized carbons (Fsp3) is 0.235. The molecule has 1 N–H and O–H groups in total. The number of anilines is 1. The molecule has 2 aromatic carbocycles. The minimum atomic E-state index is 0.583. The Morgan fingerprint density at radius 2 is 1.85 bits per heavy atom. The smallest absolute Gasteiger partial charge is 0.119 e. The summed E-state index contributed by atoms with van der Waals surface area (Å²) in [5, 5.41) is 12.1. The second-order valence-electron chi connectivity index (χ2n) is 4.73. The van der Waals surface area contributed by atoms with Crippen LogP contribution in [0.2, 0.25) is 0 Å². The second-order valence-corrected chi connectivity index (χ2v) is 4.73. The summed E-state index contributed by atoms with van der Waals surface area (Å²) in [5.41, 5.74) is 4.26. The first-order chi connectivity index (χ1) is 9.69. The van der Waals surface area contributed by atoms with Gasteiger partial charge < -0.3 is 10.1 Å². The minimum Gasteiger partial charge on any atom is -0.492 e. The van der Waals surface area contributed by atoms with Crippen molar-refractivity contribution in [1.82, 2.24) is 0 Å². The molecule has 0 atom stereocenters. The van der Waals surface area contributed by atoms with Gasteiger partial charge in [0.2, 0.25) is 0 Å². The highest BCUT2D eigenvalue weighted by Crippen LogP contribution is 2.16. The molecule has 0 saturated heterocycles. The molecular formula is C17H18N2O. The van der Waals surface area contributed by atoms with Crippen LogP contribution in [0.1, 0.15) is 16.7 Å². The van der Waals surface area contributed by atoms with Crippen molar-refractivity contribution in [1.29, 1.82) is 5.26 Å². The van der Waals surface area contributed by atoms with Gasteiger partial charge in [0.1, 0.15) is 12.4 Å². The Balaban J connectivity index is 1.81. The highest BCUT2D eigenvalue weighted by molar-refractivity contribution is 5.52. The van der Waals surface area contributed by atoms with Gasteiger partial charge in [-0.2, -0.15) is 5.26 Å². The number of nitrogens with one attached hydrogen (secondary N) is 1. The van der Waals surface area contributed by atoms with Gasteiger partial charge in [0.15, 0.2) is 0 Å². The summed E-state index contributed by atoms with van der Waals surface area (Å²) in [7, 11) is 0. The highest BCUT2D eigenvalue weighted by atomic mass is 16.5. The van der Waals surface area contributed by atoms with Gasteiger partial charge in [0.05, 0.1) is 11.6 Å². The molecule has 20 heavy (non-hydrogen) atoms. The number of benzene rings is 2. The molecule has 0 amide bonds. The Bertz CT molecular complexity index is 612. The summed E-state index contributed by atoms with van der Waals surface area (Å²) in [6.07, 6.45) is 0. The fourth-order valence-electron chi connectivity index (χ4n) is 1.91. The number of nitriles is 1. The molecule has 3 heteroatoms. The van der Waals surface area contributed by atoms with Crippen LogP contribution in [0.15, 0.2) is 42.5 Å². The fourth-order valence-corrected chi connectivity index (χ4v) is 1.91. The molecule has 0 radical (unpaired) electrons. The van der Waals surface area contributed by atoms with E-state index in [1.807, 2.05) is 12.1 Å². The lowest BCUT2D eigenvalue weighted by Crippen LogP contribution is -2.12. The molecule has 102 valence electrons. The number of ether oxygens (including phenoxy) is 1. The van der Waals surface area contributed by atoms with E-state index in [0.717, 1.165) is 18.0 Å². The Hall–Kier alpha value is -2.47. The van der Waals surface area contributed by atoms with Crippen molar-refractivity contribution in [2.24, 2.45) is 0 Å². The van der Waals surface area contributed by atoms with Crippen LogP contribution >= 0.6 is 0 Å². The van der Waals surface area contributed by atoms with Crippen LogP contribution in [-0.2, 0) is 0 Å². The molecular weight excluding hydrogens is 248 g/mol. The van der Waals surface area contributed by atoms with Gasteiger partial charge in [-0.15, -0.1) is 0 Å². The van der Waals surface area contributed by atoms with Gasteiger partial charge in [-0.05, 0) is 55.3 Å². The molecule has 0 unspecified atom stereocenters. The lowest BCUT2D eigenvalue weighted by atomic mass is 10.1. The SMILES string of the molecule is Cc1ccc(C)c(NCCOc2ccc(C#N)cc2)c1. The first-order valence-electron chi connectivity index (χ1n) is 6.63. The molecule has 0 saturated carbocycles. The third-order valence-electron chi connectivity index (χ3n) is 3.06. The lowest BCUT2D eigenvalue weighted by molar-refractivity contribution is 0.333. The average Bonchev–Trinajstić information content (AvgIpc) is 2.47. The minimum absolute atomic E-state index is 0.583. The maximum absolute atomic E-state index is 8.72. The van der Waals surface area contributed by atoms with E-state index < -0.39 is 0 Å². The summed E-state index contributed by atoms with van der Waals surface area (Å²) in [5.74, 6) is 0.784. The standard InChI is InChI=1S/C17H18N2O/c1-13-3-4-14(2)17(11-13)19-9-10-20-16-7-5-15(12-18)6-8-16/h3-8,11,19H,9-10H2,1-2H3. The van der Waals surface area contributed by atoms with E-state index in [-0.39, 0.29) is 0 Å². The van der Waals surface area contributed by atoms with E-state index in [0.29, 0.717) is 12.2 Å². The number of nitrogens with zero attached hydrogens (tertiary/aromatic N) is 1. The highest BCUT2D eigenvalue weighted by Gasteiger charge is 1.98. The summed E-state index contributed by atoms with van der Waals surface area (Å²) in [6, 6.07) is 15.6. The van der Waals surface area contributed by atoms with E-state index in [4.69, 9.17) is 10.00 Å². The first kappa shape index (κ1) is 14.0. The molecule has 0 aliphatic carbocycles. The Kier molecular flexibility index (Phi) is 4.62. The van der Waals surface area contributed by atoms with Crippen molar-refractivity contribution in [2.75, 3.05) is 18.5 Å². The van der Waals surface area contributed by atoms with Crippen molar-refractivity contribution in [3.05, 3.63) is 59.2 Å². The van der Waals surface area contributed by atoms with E-state index >= 15 is 0 Å². The normalized spacial score (nSPS) is 9.85. The van der Waals surface area contributed by atoms with Gasteiger partial charge in [0, 0.05) is 12.2 Å². The molecule has 2 aromatic rings. The topological polar surface area (TPSA) is 45.0 Å². The number of hydrogen-bond donors (Lipinski definition) is 1. The average molecular weight is 266 g/mol. The molecule has 0 fully saturated rings. The van der Waals surface area contributed by atoms with Crippen molar-refractivity contribution >= 4 is 5.69 Å². The van der Waals surface area contributed by atoms with E-state index in [9.17, 15) is 0 Å². The molecule has 0 heterocycles. The first-order valence-corrected chi connectivity index (χ1v) is 6.63. The van der Waals surface area contributed by atoms with Crippen LogP contribution < -0.4 is 10.1 Å². The van der Waals surface area contributed by atoms with Crippen LogP contribution in [0.5, 0.6) is 5.75 Å². The van der Waals surface area contributed by atoms with Crippen LogP contribution in [0.4, 0.5) is 5.69 Å². The van der Waals surface area contributed by atoms with Gasteiger partial charge >= 0.3 is 0 Å². The molecule has 2 rings (SSSR count). The van der Waals surface area contributed by atoms with E-state index in [1.54, 1.807) is 12.1 Å². The van der Waals surface area contributed by atoms with E-state index in [2.05, 4.69) is 43.4 Å². The van der Waals surface area contributed by atoms with Crippen LogP contribution in [-0.4, -0.2) is 13.2 Å². The van der Waals surface area contributed by atoms with Crippen LogP contribution in [0.25, 0.3) is 0 Å². The van der Waals surface area contributed by atoms with Gasteiger partial charge in [-0.3, -0.25) is 0 Å². The number of aryl methyl sites for hydroxylation is 2. The van der Waals surface area contributed by atoms with E-state index in [1.165, 1.54) is 11.1 Å².